The van der Waals surface area contributed by atoms with Crippen LogP contribution in [0.2, 0.25) is 0 Å². The molecule has 1 aromatic rings. The molecule has 1 aromatic carbocycles. The van der Waals surface area contributed by atoms with E-state index in [2.05, 4.69) is 0 Å². The topological polar surface area (TPSA) is 21.8 Å². The van der Waals surface area contributed by atoms with E-state index in [4.69, 9.17) is 9.47 Å². The first-order valence-electron chi connectivity index (χ1n) is 4.47. The third-order valence-electron chi connectivity index (χ3n) is 2.00. The molecule has 0 aliphatic carbocycles. The van der Waals surface area contributed by atoms with Gasteiger partial charge in [-0.05, 0) is 18.2 Å². The predicted octanol–water partition coefficient (Wildman–Crippen LogP) is 2.48. The van der Waals surface area contributed by atoms with Gasteiger partial charge in [0.05, 0.1) is 12.2 Å². The van der Waals surface area contributed by atoms with Crippen molar-refractivity contribution in [3.63, 3.8) is 0 Å². The molecule has 1 unspecified atom stereocenters. The van der Waals surface area contributed by atoms with Gasteiger partial charge >= 0.3 is 6.18 Å². The molecule has 2 nitrogen and oxygen atoms in total. The van der Waals surface area contributed by atoms with Crippen LogP contribution in [0.5, 0.6) is 5.75 Å². The summed E-state index contributed by atoms with van der Waals surface area (Å²) in [4.78, 5) is 0. The van der Waals surface area contributed by atoms with Crippen molar-refractivity contribution >= 4 is 0 Å². The number of ether oxygens (including phenoxy) is 2. The largest absolute Gasteiger partial charge is 0.491 e. The van der Waals surface area contributed by atoms with E-state index >= 15 is 0 Å². The Morgan fingerprint density at radius 3 is 2.73 bits per heavy atom. The molecule has 5 heteroatoms. The molecule has 82 valence electrons. The predicted molar refractivity (Wildman–Crippen MR) is 46.7 cm³/mol. The lowest BCUT2D eigenvalue weighted by Gasteiger charge is -2.09. The second-order valence-electron chi connectivity index (χ2n) is 3.29. The second-order valence-corrected chi connectivity index (χ2v) is 3.29. The third-order valence-corrected chi connectivity index (χ3v) is 2.00. The quantitative estimate of drug-likeness (QED) is 0.727. The molecule has 1 atom stereocenters. The lowest BCUT2D eigenvalue weighted by Crippen LogP contribution is -2.07. The van der Waals surface area contributed by atoms with Gasteiger partial charge in [-0.25, -0.2) is 0 Å². The van der Waals surface area contributed by atoms with Crippen LogP contribution in [-0.2, 0) is 10.9 Å². The zero-order valence-electron chi connectivity index (χ0n) is 7.75. The van der Waals surface area contributed by atoms with E-state index in [9.17, 15) is 13.2 Å². The van der Waals surface area contributed by atoms with Crippen molar-refractivity contribution in [2.75, 3.05) is 13.2 Å². The molecule has 0 bridgehead atoms. The molecule has 1 aliphatic rings. The van der Waals surface area contributed by atoms with Crippen LogP contribution >= 0.6 is 0 Å². The molecule has 0 spiro atoms. The van der Waals surface area contributed by atoms with E-state index in [1.165, 1.54) is 12.1 Å². The monoisotopic (exact) mass is 218 g/mol. The Morgan fingerprint density at radius 2 is 2.13 bits per heavy atom. The zero-order chi connectivity index (χ0) is 10.9. The van der Waals surface area contributed by atoms with E-state index in [1.807, 2.05) is 0 Å². The summed E-state index contributed by atoms with van der Waals surface area (Å²) in [5.41, 5.74) is -0.697. The smallest absolute Gasteiger partial charge is 0.416 e. The number of halogens is 3. The van der Waals surface area contributed by atoms with E-state index < -0.39 is 11.7 Å². The molecule has 1 aliphatic heterocycles. The Labute approximate surface area is 84.6 Å². The van der Waals surface area contributed by atoms with Gasteiger partial charge in [0, 0.05) is 0 Å². The minimum atomic E-state index is -4.32. The van der Waals surface area contributed by atoms with Gasteiger partial charge in [-0.1, -0.05) is 6.07 Å². The van der Waals surface area contributed by atoms with E-state index in [1.54, 1.807) is 0 Å². The number of benzene rings is 1. The molecule has 1 fully saturated rings. The molecule has 0 saturated carbocycles. The first kappa shape index (κ1) is 10.3. The van der Waals surface area contributed by atoms with Crippen LogP contribution in [0.15, 0.2) is 24.3 Å². The first-order chi connectivity index (χ1) is 7.05. The molecule has 0 aromatic heterocycles. The number of rotatable bonds is 3. The van der Waals surface area contributed by atoms with E-state index in [0.717, 1.165) is 12.1 Å². The molecule has 2 rings (SSSR count). The highest BCUT2D eigenvalue weighted by Crippen LogP contribution is 2.31. The van der Waals surface area contributed by atoms with Gasteiger partial charge in [0.2, 0.25) is 0 Å². The molecule has 0 radical (unpaired) electrons. The van der Waals surface area contributed by atoms with Crippen LogP contribution in [0.25, 0.3) is 0 Å². The molecule has 1 heterocycles. The van der Waals surface area contributed by atoms with Crippen molar-refractivity contribution in [2.45, 2.75) is 12.3 Å². The number of hydrogen-bond donors (Lipinski definition) is 0. The SMILES string of the molecule is FC(F)(F)c1cccc(OCC2CO2)c1. The van der Waals surface area contributed by atoms with Crippen molar-refractivity contribution in [2.24, 2.45) is 0 Å². The summed E-state index contributed by atoms with van der Waals surface area (Å²) in [7, 11) is 0. The number of epoxide rings is 1. The summed E-state index contributed by atoms with van der Waals surface area (Å²) in [5.74, 6) is 0.223. The van der Waals surface area contributed by atoms with Crippen LogP contribution < -0.4 is 4.74 Å². The third kappa shape index (κ3) is 2.86. The normalized spacial score (nSPS) is 20.1. The molecular formula is C10H9F3O2. The summed E-state index contributed by atoms with van der Waals surface area (Å²) in [6.45, 7) is 0.931. The van der Waals surface area contributed by atoms with Gasteiger partial charge < -0.3 is 9.47 Å². The minimum absolute atomic E-state index is 0.0412. The molecule has 0 amide bonds. The molecule has 1 saturated heterocycles. The van der Waals surface area contributed by atoms with Crippen LogP contribution in [0, 0.1) is 0 Å². The fraction of sp³-hybridized carbons (Fsp3) is 0.400. The molecule has 0 N–H and O–H groups in total. The first-order valence-corrected chi connectivity index (χ1v) is 4.47. The maximum absolute atomic E-state index is 12.3. The van der Waals surface area contributed by atoms with Crippen LogP contribution in [-0.4, -0.2) is 19.3 Å². The lowest BCUT2D eigenvalue weighted by molar-refractivity contribution is -0.137. The van der Waals surface area contributed by atoms with Crippen molar-refractivity contribution < 1.29 is 22.6 Å². The Hall–Kier alpha value is -1.23. The Balaban J connectivity index is 2.04. The Morgan fingerprint density at radius 1 is 1.40 bits per heavy atom. The van der Waals surface area contributed by atoms with Crippen LogP contribution in [0.3, 0.4) is 0 Å². The summed E-state index contributed by atoms with van der Waals surface area (Å²) < 4.78 is 46.9. The van der Waals surface area contributed by atoms with Crippen LogP contribution in [0.4, 0.5) is 13.2 Å². The average Bonchev–Trinajstić information content (AvgIpc) is 2.97. The van der Waals surface area contributed by atoms with E-state index in [-0.39, 0.29) is 11.9 Å². The van der Waals surface area contributed by atoms with Gasteiger partial charge in [0.15, 0.2) is 0 Å². The highest BCUT2D eigenvalue weighted by molar-refractivity contribution is 5.30. The van der Waals surface area contributed by atoms with Crippen LogP contribution in [0.1, 0.15) is 5.56 Å². The standard InChI is InChI=1S/C10H9F3O2/c11-10(12,13)7-2-1-3-8(4-7)14-5-9-6-15-9/h1-4,9H,5-6H2. The Kier molecular flexibility index (Phi) is 2.56. The fourth-order valence-corrected chi connectivity index (χ4v) is 1.12. The summed E-state index contributed by atoms with van der Waals surface area (Å²) in [6, 6.07) is 4.83. The second kappa shape index (κ2) is 3.73. The van der Waals surface area contributed by atoms with Crippen molar-refractivity contribution in [1.29, 1.82) is 0 Å². The highest BCUT2D eigenvalue weighted by Gasteiger charge is 2.30. The van der Waals surface area contributed by atoms with Crippen molar-refractivity contribution in [1.82, 2.24) is 0 Å². The Bertz CT molecular complexity index is 345. The molecule has 15 heavy (non-hydrogen) atoms. The average molecular weight is 218 g/mol. The minimum Gasteiger partial charge on any atom is -0.491 e. The fourth-order valence-electron chi connectivity index (χ4n) is 1.12. The van der Waals surface area contributed by atoms with Crippen molar-refractivity contribution in [3.8, 4) is 5.75 Å². The summed E-state index contributed by atoms with van der Waals surface area (Å²) in [5, 5.41) is 0. The maximum atomic E-state index is 12.3. The zero-order valence-corrected chi connectivity index (χ0v) is 7.75. The summed E-state index contributed by atoms with van der Waals surface area (Å²) >= 11 is 0. The van der Waals surface area contributed by atoms with Gasteiger partial charge in [0.1, 0.15) is 18.5 Å². The van der Waals surface area contributed by atoms with Gasteiger partial charge in [-0.15, -0.1) is 0 Å². The maximum Gasteiger partial charge on any atom is 0.416 e. The van der Waals surface area contributed by atoms with E-state index in [0.29, 0.717) is 13.2 Å². The van der Waals surface area contributed by atoms with Crippen molar-refractivity contribution in [3.05, 3.63) is 29.8 Å². The number of alkyl halides is 3. The van der Waals surface area contributed by atoms with Gasteiger partial charge in [0.25, 0.3) is 0 Å². The highest BCUT2D eigenvalue weighted by atomic mass is 19.4. The van der Waals surface area contributed by atoms with Gasteiger partial charge in [-0.2, -0.15) is 13.2 Å². The lowest BCUT2D eigenvalue weighted by atomic mass is 10.2. The molecular weight excluding hydrogens is 209 g/mol. The summed E-state index contributed by atoms with van der Waals surface area (Å²) in [6.07, 6.45) is -4.28. The number of hydrogen-bond acceptors (Lipinski definition) is 2. The van der Waals surface area contributed by atoms with Gasteiger partial charge in [-0.3, -0.25) is 0 Å².